The molecule has 2 fully saturated rings. The van der Waals surface area contributed by atoms with Gasteiger partial charge in [0.05, 0.1) is 6.04 Å². The van der Waals surface area contributed by atoms with Gasteiger partial charge in [-0.2, -0.15) is 0 Å². The molecule has 0 heterocycles. The van der Waals surface area contributed by atoms with Crippen LogP contribution in [0.1, 0.15) is 87.3 Å². The fourth-order valence-corrected chi connectivity index (χ4v) is 4.35. The fraction of sp³-hybridized carbons (Fsp3) is 0.667. The number of nitrogens with zero attached hydrogens (tertiary/aromatic N) is 1. The molecule has 2 atom stereocenters. The molecule has 0 aliphatic heterocycles. The van der Waals surface area contributed by atoms with Crippen molar-refractivity contribution in [2.75, 3.05) is 0 Å². The minimum absolute atomic E-state index is 0.432. The van der Waals surface area contributed by atoms with Gasteiger partial charge in [0.15, 0.2) is 0 Å². The Balaban J connectivity index is 0.000000758. The molecule has 2 aliphatic carbocycles. The van der Waals surface area contributed by atoms with Gasteiger partial charge in [-0.15, -0.1) is 0 Å². The molecule has 0 radical (unpaired) electrons. The number of hydrogen-bond donors (Lipinski definition) is 1. The molecule has 2 saturated carbocycles. The van der Waals surface area contributed by atoms with Gasteiger partial charge < -0.3 is 5.11 Å². The summed E-state index contributed by atoms with van der Waals surface area (Å²) in [6.45, 7) is 4.44. The molecule has 1 aromatic carbocycles. The quantitative estimate of drug-likeness (QED) is 0.464. The molecular formula is C21H31Cl2NOZr. The first-order valence-corrected chi connectivity index (χ1v) is 16.2. The molecule has 0 aromatic heterocycles. The van der Waals surface area contributed by atoms with Crippen LogP contribution in [0, 0.1) is 12.8 Å². The standard InChI is InChI=1S/C21H31NO.2ClH.Zr/c1-15-12-18(14-22-20-11-7-6-8-16(20)2)21(23)19(13-15)17-9-4-3-5-10-17;;;/h12-14,16-17,20,23H,3-11H2,1-2H3;2*1H;/q;;;+2/p-2. The van der Waals surface area contributed by atoms with Gasteiger partial charge >= 0.3 is 37.9 Å². The molecule has 2 unspecified atom stereocenters. The van der Waals surface area contributed by atoms with Crippen molar-refractivity contribution in [1.82, 2.24) is 0 Å². The summed E-state index contributed by atoms with van der Waals surface area (Å²) in [6, 6.07) is 4.70. The molecule has 0 amide bonds. The summed E-state index contributed by atoms with van der Waals surface area (Å²) >= 11 is -0.826. The molecule has 0 bridgehead atoms. The number of phenolic OH excluding ortho intramolecular Hbond substituents is 1. The fourth-order valence-electron chi connectivity index (χ4n) is 4.35. The summed E-state index contributed by atoms with van der Waals surface area (Å²) < 4.78 is 0. The molecule has 5 heteroatoms. The number of rotatable bonds is 3. The summed E-state index contributed by atoms with van der Waals surface area (Å²) in [5.74, 6) is 1.68. The SMILES string of the molecule is Cc1cc(C=NC2CCCCC2C)c(O)c(C2CCCCC2)c1.[Cl][Zr][Cl]. The van der Waals surface area contributed by atoms with E-state index in [9.17, 15) is 5.11 Å². The maximum atomic E-state index is 10.8. The number of aliphatic imine (C=N–C) groups is 1. The topological polar surface area (TPSA) is 32.6 Å². The Morgan fingerprint density at radius 2 is 1.65 bits per heavy atom. The molecule has 2 aliphatic rings. The number of hydrogen-bond acceptors (Lipinski definition) is 2. The van der Waals surface area contributed by atoms with Crippen molar-refractivity contribution in [2.45, 2.75) is 83.6 Å². The van der Waals surface area contributed by atoms with E-state index in [2.05, 4.69) is 26.0 Å². The Hall–Kier alpha value is 0.153. The number of benzene rings is 1. The monoisotopic (exact) mass is 473 g/mol. The molecule has 144 valence electrons. The van der Waals surface area contributed by atoms with E-state index in [1.54, 1.807) is 0 Å². The number of aryl methyl sites for hydroxylation is 1. The minimum atomic E-state index is -0.826. The summed E-state index contributed by atoms with van der Waals surface area (Å²) in [7, 11) is 9.87. The van der Waals surface area contributed by atoms with E-state index in [0.717, 1.165) is 11.1 Å². The van der Waals surface area contributed by atoms with Gasteiger partial charge in [-0.1, -0.05) is 45.1 Å². The zero-order chi connectivity index (χ0) is 18.9. The van der Waals surface area contributed by atoms with Gasteiger partial charge in [0.2, 0.25) is 0 Å². The third kappa shape index (κ3) is 6.64. The number of aromatic hydroxyl groups is 1. The first kappa shape index (κ1) is 22.4. The van der Waals surface area contributed by atoms with Gasteiger partial charge in [-0.3, -0.25) is 4.99 Å². The zero-order valence-electron chi connectivity index (χ0n) is 16.0. The van der Waals surface area contributed by atoms with E-state index in [1.807, 2.05) is 6.21 Å². The summed E-state index contributed by atoms with van der Waals surface area (Å²) in [4.78, 5) is 4.84. The van der Waals surface area contributed by atoms with Crippen LogP contribution in [0.15, 0.2) is 17.1 Å². The van der Waals surface area contributed by atoms with Crippen LogP contribution in [0.3, 0.4) is 0 Å². The van der Waals surface area contributed by atoms with Crippen LogP contribution in [-0.4, -0.2) is 17.4 Å². The van der Waals surface area contributed by atoms with E-state index in [0.29, 0.717) is 23.6 Å². The van der Waals surface area contributed by atoms with Crippen LogP contribution in [-0.2, 0) is 20.8 Å². The van der Waals surface area contributed by atoms with E-state index >= 15 is 0 Å². The molecule has 0 saturated heterocycles. The molecular weight excluding hydrogens is 444 g/mol. The average Bonchev–Trinajstić information content (AvgIpc) is 2.64. The maximum absolute atomic E-state index is 10.8. The summed E-state index contributed by atoms with van der Waals surface area (Å²) in [5, 5.41) is 10.8. The van der Waals surface area contributed by atoms with E-state index in [-0.39, 0.29) is 0 Å². The molecule has 3 rings (SSSR count). The van der Waals surface area contributed by atoms with Crippen LogP contribution in [0.2, 0.25) is 0 Å². The van der Waals surface area contributed by atoms with Crippen molar-refractivity contribution in [1.29, 1.82) is 0 Å². The first-order chi connectivity index (χ1) is 12.6. The second kappa shape index (κ2) is 11.9. The van der Waals surface area contributed by atoms with Crippen molar-refractivity contribution in [3.63, 3.8) is 0 Å². The normalized spacial score (nSPS) is 24.2. The third-order valence-electron chi connectivity index (χ3n) is 5.83. The molecule has 2 nitrogen and oxygen atoms in total. The Labute approximate surface area is 177 Å². The van der Waals surface area contributed by atoms with Gasteiger partial charge in [-0.25, -0.2) is 0 Å². The van der Waals surface area contributed by atoms with Crippen molar-refractivity contribution < 1.29 is 26.0 Å². The average molecular weight is 476 g/mol. The van der Waals surface area contributed by atoms with Gasteiger partial charge in [0.1, 0.15) is 5.75 Å². The van der Waals surface area contributed by atoms with Crippen molar-refractivity contribution in [3.05, 3.63) is 28.8 Å². The second-order valence-electron chi connectivity index (χ2n) is 7.81. The Morgan fingerprint density at radius 1 is 1.04 bits per heavy atom. The van der Waals surface area contributed by atoms with Crippen LogP contribution in [0.5, 0.6) is 5.75 Å². The van der Waals surface area contributed by atoms with E-state index < -0.39 is 20.8 Å². The van der Waals surface area contributed by atoms with Crippen molar-refractivity contribution in [2.24, 2.45) is 10.9 Å². The van der Waals surface area contributed by atoms with Crippen molar-refractivity contribution in [3.8, 4) is 5.75 Å². The number of halogens is 2. The summed E-state index contributed by atoms with van der Waals surface area (Å²) in [6.07, 6.45) is 13.4. The molecule has 0 spiro atoms. The molecule has 26 heavy (non-hydrogen) atoms. The van der Waals surface area contributed by atoms with Crippen LogP contribution < -0.4 is 0 Å². The van der Waals surface area contributed by atoms with E-state index in [4.69, 9.17) is 22.0 Å². The van der Waals surface area contributed by atoms with Gasteiger partial charge in [-0.05, 0) is 61.6 Å². The molecule has 1 aromatic rings. The zero-order valence-corrected chi connectivity index (χ0v) is 19.9. The van der Waals surface area contributed by atoms with Gasteiger partial charge in [0, 0.05) is 11.8 Å². The predicted molar refractivity (Wildman–Crippen MR) is 109 cm³/mol. The second-order valence-corrected chi connectivity index (χ2v) is 11.5. The Morgan fingerprint density at radius 3 is 2.31 bits per heavy atom. The third-order valence-corrected chi connectivity index (χ3v) is 5.83. The van der Waals surface area contributed by atoms with Crippen LogP contribution in [0.25, 0.3) is 0 Å². The Bertz CT molecular complexity index is 588. The summed E-state index contributed by atoms with van der Waals surface area (Å²) in [5.41, 5.74) is 3.31. The first-order valence-electron chi connectivity index (χ1n) is 9.89. The Kier molecular flexibility index (Phi) is 10.2. The van der Waals surface area contributed by atoms with Crippen LogP contribution in [0.4, 0.5) is 0 Å². The van der Waals surface area contributed by atoms with Crippen molar-refractivity contribution >= 4 is 23.2 Å². The molecule has 1 N–H and O–H groups in total. The number of phenols is 1. The van der Waals surface area contributed by atoms with Crippen LogP contribution >= 0.6 is 17.0 Å². The van der Waals surface area contributed by atoms with E-state index in [1.165, 1.54) is 63.4 Å². The van der Waals surface area contributed by atoms with Gasteiger partial charge in [0.25, 0.3) is 0 Å². The predicted octanol–water partition coefficient (Wildman–Crippen LogP) is 7.12.